The lowest BCUT2D eigenvalue weighted by atomic mass is 10.3. The van der Waals surface area contributed by atoms with Crippen LogP contribution in [-0.2, 0) is 0 Å². The van der Waals surface area contributed by atoms with Gasteiger partial charge in [0.05, 0.1) is 10.0 Å². The van der Waals surface area contributed by atoms with Gasteiger partial charge < -0.3 is 10.5 Å². The van der Waals surface area contributed by atoms with Crippen molar-refractivity contribution >= 4 is 28.9 Å². The van der Waals surface area contributed by atoms with E-state index in [2.05, 4.69) is 0 Å². The first-order valence-corrected chi connectivity index (χ1v) is 5.27. The third-order valence-corrected chi connectivity index (χ3v) is 2.30. The molecule has 0 saturated carbocycles. The van der Waals surface area contributed by atoms with Crippen molar-refractivity contribution in [3.8, 4) is 5.75 Å². The van der Waals surface area contributed by atoms with Crippen molar-refractivity contribution in [3.05, 3.63) is 33.8 Å². The van der Waals surface area contributed by atoms with E-state index in [0.29, 0.717) is 28.1 Å². The summed E-state index contributed by atoms with van der Waals surface area (Å²) in [6.45, 7) is 4.44. The maximum absolute atomic E-state index is 5.94. The van der Waals surface area contributed by atoms with Crippen LogP contribution in [0.1, 0.15) is 13.8 Å². The van der Waals surface area contributed by atoms with Gasteiger partial charge in [0.2, 0.25) is 0 Å². The number of hydrogen-bond acceptors (Lipinski definition) is 2. The molecule has 0 radical (unpaired) electrons. The van der Waals surface area contributed by atoms with Gasteiger partial charge in [0.1, 0.15) is 6.61 Å². The van der Waals surface area contributed by atoms with E-state index in [0.717, 1.165) is 0 Å². The Morgan fingerprint density at radius 1 is 1.33 bits per heavy atom. The highest BCUT2D eigenvalue weighted by Crippen LogP contribution is 2.34. The van der Waals surface area contributed by atoms with Crippen LogP contribution in [0.25, 0.3) is 0 Å². The maximum atomic E-state index is 5.94. The fourth-order valence-electron chi connectivity index (χ4n) is 1.01. The number of nitrogen functional groups attached to an aromatic ring is 1. The molecule has 0 aromatic heterocycles. The first kappa shape index (κ1) is 12.2. The topological polar surface area (TPSA) is 35.2 Å². The number of anilines is 1. The fraction of sp³-hybridized carbons (Fsp3) is 0.273. The molecule has 15 heavy (non-hydrogen) atoms. The fourth-order valence-corrected chi connectivity index (χ4v) is 1.62. The van der Waals surface area contributed by atoms with E-state index in [9.17, 15) is 0 Å². The number of hydrogen-bond donors (Lipinski definition) is 1. The Kier molecular flexibility index (Phi) is 4.30. The van der Waals surface area contributed by atoms with Crippen LogP contribution in [0, 0.1) is 0 Å². The highest BCUT2D eigenvalue weighted by molar-refractivity contribution is 6.37. The van der Waals surface area contributed by atoms with E-state index in [1.807, 2.05) is 19.9 Å². The van der Waals surface area contributed by atoms with Gasteiger partial charge in [-0.25, -0.2) is 0 Å². The van der Waals surface area contributed by atoms with E-state index in [4.69, 9.17) is 33.7 Å². The molecule has 0 spiro atoms. The Morgan fingerprint density at radius 2 is 1.87 bits per heavy atom. The lowest BCUT2D eigenvalue weighted by Crippen LogP contribution is -1.96. The highest BCUT2D eigenvalue weighted by Gasteiger charge is 2.07. The van der Waals surface area contributed by atoms with Crippen LogP contribution in [0.15, 0.2) is 23.8 Å². The van der Waals surface area contributed by atoms with E-state index >= 15 is 0 Å². The Bertz CT molecular complexity index is 361. The molecular weight excluding hydrogens is 233 g/mol. The lowest BCUT2D eigenvalue weighted by molar-refractivity contribution is 0.362. The molecule has 1 rings (SSSR count). The molecule has 0 amide bonds. The molecule has 1 aromatic carbocycles. The summed E-state index contributed by atoms with van der Waals surface area (Å²) in [6, 6.07) is 3.23. The molecular formula is C11H13Cl2NO. The van der Waals surface area contributed by atoms with Crippen molar-refractivity contribution in [2.45, 2.75) is 13.8 Å². The second-order valence-electron chi connectivity index (χ2n) is 3.41. The van der Waals surface area contributed by atoms with Crippen molar-refractivity contribution in [1.82, 2.24) is 0 Å². The van der Waals surface area contributed by atoms with Crippen molar-refractivity contribution in [3.63, 3.8) is 0 Å². The van der Waals surface area contributed by atoms with E-state index in [-0.39, 0.29) is 0 Å². The maximum Gasteiger partial charge on any atom is 0.157 e. The lowest BCUT2D eigenvalue weighted by Gasteiger charge is -2.08. The Labute approximate surface area is 99.6 Å². The zero-order chi connectivity index (χ0) is 11.4. The quantitative estimate of drug-likeness (QED) is 0.648. The van der Waals surface area contributed by atoms with Crippen LogP contribution in [0.3, 0.4) is 0 Å². The highest BCUT2D eigenvalue weighted by atomic mass is 35.5. The Morgan fingerprint density at radius 3 is 2.33 bits per heavy atom. The van der Waals surface area contributed by atoms with Crippen molar-refractivity contribution < 1.29 is 4.74 Å². The summed E-state index contributed by atoms with van der Waals surface area (Å²) in [7, 11) is 0. The minimum Gasteiger partial charge on any atom is -0.486 e. The predicted octanol–water partition coefficient (Wildman–Crippen LogP) is 3.92. The summed E-state index contributed by atoms with van der Waals surface area (Å²) in [5, 5.41) is 0.865. The van der Waals surface area contributed by atoms with Crippen molar-refractivity contribution in [2.75, 3.05) is 12.3 Å². The molecule has 0 unspecified atom stereocenters. The molecule has 0 aliphatic rings. The SMILES string of the molecule is CC(C)=CCOc1c(Cl)cc(N)cc1Cl. The van der Waals surface area contributed by atoms with Gasteiger partial charge in [0.15, 0.2) is 5.75 Å². The van der Waals surface area contributed by atoms with Crippen molar-refractivity contribution in [1.29, 1.82) is 0 Å². The first-order chi connectivity index (χ1) is 7.00. The van der Waals surface area contributed by atoms with Crippen molar-refractivity contribution in [2.24, 2.45) is 0 Å². The molecule has 0 fully saturated rings. The zero-order valence-electron chi connectivity index (χ0n) is 8.68. The van der Waals surface area contributed by atoms with Crippen LogP contribution in [-0.4, -0.2) is 6.61 Å². The van der Waals surface area contributed by atoms with Crippen LogP contribution in [0.2, 0.25) is 10.0 Å². The second kappa shape index (κ2) is 5.29. The van der Waals surface area contributed by atoms with Crippen LogP contribution in [0.4, 0.5) is 5.69 Å². The molecule has 0 heterocycles. The summed E-state index contributed by atoms with van der Waals surface area (Å²) < 4.78 is 5.44. The minimum absolute atomic E-state index is 0.433. The van der Waals surface area contributed by atoms with Crippen LogP contribution >= 0.6 is 23.2 Å². The average Bonchev–Trinajstić information content (AvgIpc) is 2.08. The molecule has 4 heteroatoms. The summed E-state index contributed by atoms with van der Waals surface area (Å²) in [6.07, 6.45) is 1.95. The first-order valence-electron chi connectivity index (χ1n) is 4.51. The van der Waals surface area contributed by atoms with Gasteiger partial charge in [0, 0.05) is 5.69 Å². The van der Waals surface area contributed by atoms with Gasteiger partial charge >= 0.3 is 0 Å². The second-order valence-corrected chi connectivity index (χ2v) is 4.22. The van der Waals surface area contributed by atoms with Gasteiger partial charge in [0.25, 0.3) is 0 Å². The molecule has 82 valence electrons. The summed E-state index contributed by atoms with van der Waals surface area (Å²) in [5.74, 6) is 0.477. The molecule has 2 N–H and O–H groups in total. The minimum atomic E-state index is 0.433. The number of nitrogens with two attached hydrogens (primary N) is 1. The van der Waals surface area contributed by atoms with Gasteiger partial charge in [-0.15, -0.1) is 0 Å². The van der Waals surface area contributed by atoms with E-state index < -0.39 is 0 Å². The third-order valence-electron chi connectivity index (χ3n) is 1.74. The monoisotopic (exact) mass is 245 g/mol. The van der Waals surface area contributed by atoms with Gasteiger partial charge in [-0.2, -0.15) is 0 Å². The normalized spacial score (nSPS) is 9.87. The number of benzene rings is 1. The molecule has 0 bridgehead atoms. The van der Waals surface area contributed by atoms with Gasteiger partial charge in [-0.05, 0) is 32.1 Å². The van der Waals surface area contributed by atoms with E-state index in [1.165, 1.54) is 5.57 Å². The number of allylic oxidation sites excluding steroid dienone is 1. The molecule has 0 aliphatic heterocycles. The Balaban J connectivity index is 2.81. The molecule has 0 aliphatic carbocycles. The van der Waals surface area contributed by atoms with Crippen LogP contribution < -0.4 is 10.5 Å². The average molecular weight is 246 g/mol. The summed E-state index contributed by atoms with van der Waals surface area (Å²) in [5.41, 5.74) is 7.27. The molecule has 1 aromatic rings. The molecule has 0 saturated heterocycles. The third kappa shape index (κ3) is 3.65. The molecule has 2 nitrogen and oxygen atoms in total. The smallest absolute Gasteiger partial charge is 0.157 e. The number of rotatable bonds is 3. The Hall–Kier alpha value is -0.860. The predicted molar refractivity (Wildman–Crippen MR) is 65.8 cm³/mol. The standard InChI is InChI=1S/C11H13Cl2NO/c1-7(2)3-4-15-11-9(12)5-8(14)6-10(11)13/h3,5-6H,4,14H2,1-2H3. The number of ether oxygens (including phenoxy) is 1. The largest absolute Gasteiger partial charge is 0.486 e. The molecule has 0 atom stereocenters. The summed E-state index contributed by atoms with van der Waals surface area (Å²) >= 11 is 11.9. The van der Waals surface area contributed by atoms with Gasteiger partial charge in [-0.1, -0.05) is 28.8 Å². The summed E-state index contributed by atoms with van der Waals surface area (Å²) in [4.78, 5) is 0. The number of halogens is 2. The van der Waals surface area contributed by atoms with Crippen LogP contribution in [0.5, 0.6) is 5.75 Å². The van der Waals surface area contributed by atoms with E-state index in [1.54, 1.807) is 12.1 Å². The zero-order valence-corrected chi connectivity index (χ0v) is 10.2. The van der Waals surface area contributed by atoms with Gasteiger partial charge in [-0.3, -0.25) is 0 Å².